The highest BCUT2D eigenvalue weighted by Gasteiger charge is 2.04. The summed E-state index contributed by atoms with van der Waals surface area (Å²) in [6, 6.07) is 6.50. The fourth-order valence-corrected chi connectivity index (χ4v) is 1.13. The van der Waals surface area contributed by atoms with Crippen molar-refractivity contribution in [3.05, 3.63) is 36.4 Å². The second-order valence-corrected chi connectivity index (χ2v) is 3.68. The van der Waals surface area contributed by atoms with Gasteiger partial charge in [-0.05, 0) is 38.1 Å². The molecule has 0 saturated heterocycles. The van der Waals surface area contributed by atoms with E-state index in [4.69, 9.17) is 4.74 Å². The first-order valence-electron chi connectivity index (χ1n) is 5.55. The van der Waals surface area contributed by atoms with Gasteiger partial charge in [0, 0.05) is 17.8 Å². The van der Waals surface area contributed by atoms with Crippen molar-refractivity contribution in [2.45, 2.75) is 13.8 Å². The molecule has 0 atom stereocenters. The van der Waals surface area contributed by atoms with Crippen molar-refractivity contribution in [1.82, 2.24) is 5.32 Å². The molecule has 0 saturated carbocycles. The van der Waals surface area contributed by atoms with Gasteiger partial charge in [0.25, 0.3) is 5.91 Å². The zero-order chi connectivity index (χ0) is 13.5. The minimum absolute atomic E-state index is 0.243. The second-order valence-electron chi connectivity index (χ2n) is 3.68. The Morgan fingerprint density at radius 3 is 2.39 bits per heavy atom. The maximum Gasteiger partial charge on any atom is 0.412 e. The van der Waals surface area contributed by atoms with E-state index < -0.39 is 6.09 Å². The molecule has 0 spiro atoms. The van der Waals surface area contributed by atoms with Crippen molar-refractivity contribution in [2.75, 3.05) is 11.9 Å². The third-order valence-electron chi connectivity index (χ3n) is 2.03. The van der Waals surface area contributed by atoms with E-state index in [1.165, 1.54) is 0 Å². The Hall–Kier alpha value is -2.30. The molecule has 0 heterocycles. The van der Waals surface area contributed by atoms with Gasteiger partial charge < -0.3 is 15.4 Å². The van der Waals surface area contributed by atoms with Gasteiger partial charge in [-0.25, -0.2) is 4.79 Å². The Labute approximate surface area is 106 Å². The van der Waals surface area contributed by atoms with E-state index in [1.807, 2.05) is 0 Å². The Morgan fingerprint density at radius 2 is 1.89 bits per heavy atom. The maximum absolute atomic E-state index is 11.4. The molecule has 5 nitrogen and oxygen atoms in total. The average Bonchev–Trinajstić information content (AvgIpc) is 2.31. The summed E-state index contributed by atoms with van der Waals surface area (Å²) in [6.45, 7) is 7.47. The fourth-order valence-electron chi connectivity index (χ4n) is 1.13. The van der Waals surface area contributed by atoms with Crippen LogP contribution in [0.5, 0.6) is 5.75 Å². The molecular weight excluding hydrogens is 232 g/mol. The predicted molar refractivity (Wildman–Crippen MR) is 69.6 cm³/mol. The molecule has 1 aromatic rings. The lowest BCUT2D eigenvalue weighted by Gasteiger charge is -2.07. The van der Waals surface area contributed by atoms with Gasteiger partial charge in [-0.15, -0.1) is 0 Å². The molecule has 1 rings (SSSR count). The minimum atomic E-state index is -0.503. The molecule has 0 aromatic heterocycles. The van der Waals surface area contributed by atoms with Gasteiger partial charge in [0.05, 0.1) is 0 Å². The number of anilines is 1. The first kappa shape index (κ1) is 13.8. The van der Waals surface area contributed by atoms with Crippen LogP contribution in [0.25, 0.3) is 0 Å². The molecule has 2 N–H and O–H groups in total. The third-order valence-corrected chi connectivity index (χ3v) is 2.03. The summed E-state index contributed by atoms with van der Waals surface area (Å²) in [5.74, 6) is 0.168. The van der Waals surface area contributed by atoms with Crippen LogP contribution in [0.3, 0.4) is 0 Å². The zero-order valence-corrected chi connectivity index (χ0v) is 10.4. The summed E-state index contributed by atoms with van der Waals surface area (Å²) in [5.41, 5.74) is 1.05. The van der Waals surface area contributed by atoms with Crippen LogP contribution < -0.4 is 15.4 Å². The molecule has 0 aliphatic heterocycles. The molecule has 2 amide bonds. The summed E-state index contributed by atoms with van der Waals surface area (Å²) in [7, 11) is 0. The number of carbonyl (C=O) groups is 2. The van der Waals surface area contributed by atoms with E-state index in [9.17, 15) is 9.59 Å². The highest BCUT2D eigenvalue weighted by molar-refractivity contribution is 6.02. The second kappa shape index (κ2) is 6.44. The van der Waals surface area contributed by atoms with Gasteiger partial charge >= 0.3 is 6.09 Å². The molecular formula is C13H16N2O3. The fraction of sp³-hybridized carbons (Fsp3) is 0.231. The standard InChI is InChI=1S/C13H16N2O3/c1-4-14-13(17)18-11-7-5-10(6-8-11)15-12(16)9(2)3/h5-8H,2,4H2,1,3H3,(H,14,17)(H,15,16). The van der Waals surface area contributed by atoms with Crippen LogP contribution in [0.2, 0.25) is 0 Å². The number of hydrogen-bond donors (Lipinski definition) is 2. The summed E-state index contributed by atoms with van der Waals surface area (Å²) >= 11 is 0. The van der Waals surface area contributed by atoms with Crippen molar-refractivity contribution in [2.24, 2.45) is 0 Å². The third kappa shape index (κ3) is 4.29. The van der Waals surface area contributed by atoms with Gasteiger partial charge in [-0.3, -0.25) is 4.79 Å². The largest absolute Gasteiger partial charge is 0.412 e. The van der Waals surface area contributed by atoms with E-state index in [0.717, 1.165) is 0 Å². The molecule has 96 valence electrons. The molecule has 0 fully saturated rings. The van der Waals surface area contributed by atoms with Gasteiger partial charge in [0.1, 0.15) is 5.75 Å². The van der Waals surface area contributed by atoms with Gasteiger partial charge in [-0.2, -0.15) is 0 Å². The number of amides is 2. The number of carbonyl (C=O) groups excluding carboxylic acids is 2. The summed E-state index contributed by atoms with van der Waals surface area (Å²) in [5, 5.41) is 5.17. The number of benzene rings is 1. The van der Waals surface area contributed by atoms with Crippen molar-refractivity contribution in [3.8, 4) is 5.75 Å². The number of rotatable bonds is 4. The highest BCUT2D eigenvalue weighted by atomic mass is 16.5. The van der Waals surface area contributed by atoms with Crippen molar-refractivity contribution >= 4 is 17.7 Å². The lowest BCUT2D eigenvalue weighted by Crippen LogP contribution is -2.26. The molecule has 5 heteroatoms. The number of nitrogens with one attached hydrogen (secondary N) is 2. The van der Waals surface area contributed by atoms with E-state index in [0.29, 0.717) is 23.6 Å². The topological polar surface area (TPSA) is 67.4 Å². The molecule has 0 unspecified atom stereocenters. The summed E-state index contributed by atoms with van der Waals surface area (Å²) in [4.78, 5) is 22.5. The maximum atomic E-state index is 11.4. The Bertz CT molecular complexity index is 452. The van der Waals surface area contributed by atoms with E-state index in [2.05, 4.69) is 17.2 Å². The van der Waals surface area contributed by atoms with Crippen molar-refractivity contribution in [3.63, 3.8) is 0 Å². The molecule has 18 heavy (non-hydrogen) atoms. The van der Waals surface area contributed by atoms with E-state index >= 15 is 0 Å². The first-order chi connectivity index (χ1) is 8.52. The van der Waals surface area contributed by atoms with Crippen LogP contribution in [-0.2, 0) is 4.79 Å². The molecule has 1 aromatic carbocycles. The lowest BCUT2D eigenvalue weighted by atomic mass is 10.2. The van der Waals surface area contributed by atoms with E-state index in [-0.39, 0.29) is 5.91 Å². The van der Waals surface area contributed by atoms with Crippen LogP contribution >= 0.6 is 0 Å². The lowest BCUT2D eigenvalue weighted by molar-refractivity contribution is -0.112. The zero-order valence-electron chi connectivity index (χ0n) is 10.4. The molecule has 0 aliphatic carbocycles. The Morgan fingerprint density at radius 1 is 1.28 bits per heavy atom. The quantitative estimate of drug-likeness (QED) is 0.803. The molecule has 0 radical (unpaired) electrons. The predicted octanol–water partition coefficient (Wildman–Crippen LogP) is 2.31. The van der Waals surface area contributed by atoms with Gasteiger partial charge in [0.15, 0.2) is 0 Å². The van der Waals surface area contributed by atoms with Crippen molar-refractivity contribution < 1.29 is 14.3 Å². The van der Waals surface area contributed by atoms with Crippen molar-refractivity contribution in [1.29, 1.82) is 0 Å². The average molecular weight is 248 g/mol. The number of ether oxygens (including phenoxy) is 1. The first-order valence-corrected chi connectivity index (χ1v) is 5.55. The van der Waals surface area contributed by atoms with E-state index in [1.54, 1.807) is 38.1 Å². The minimum Gasteiger partial charge on any atom is -0.410 e. The van der Waals surface area contributed by atoms with Crippen LogP contribution in [0.1, 0.15) is 13.8 Å². The summed E-state index contributed by atoms with van der Waals surface area (Å²) in [6.07, 6.45) is -0.503. The van der Waals surface area contributed by atoms with Gasteiger partial charge in [0.2, 0.25) is 0 Å². The van der Waals surface area contributed by atoms with Crippen LogP contribution in [0.15, 0.2) is 36.4 Å². The monoisotopic (exact) mass is 248 g/mol. The Balaban J connectivity index is 2.60. The smallest absolute Gasteiger partial charge is 0.410 e. The van der Waals surface area contributed by atoms with Gasteiger partial charge in [-0.1, -0.05) is 6.58 Å². The highest BCUT2D eigenvalue weighted by Crippen LogP contribution is 2.16. The molecule has 0 aliphatic rings. The normalized spacial score (nSPS) is 9.44. The number of hydrogen-bond acceptors (Lipinski definition) is 3. The SMILES string of the molecule is C=C(C)C(=O)Nc1ccc(OC(=O)NCC)cc1. The summed E-state index contributed by atoms with van der Waals surface area (Å²) < 4.78 is 4.98. The van der Waals surface area contributed by atoms with Crippen LogP contribution in [0, 0.1) is 0 Å². The molecule has 0 bridgehead atoms. The van der Waals surface area contributed by atoms with Crippen LogP contribution in [0.4, 0.5) is 10.5 Å². The van der Waals surface area contributed by atoms with Crippen LogP contribution in [-0.4, -0.2) is 18.5 Å². The Kier molecular flexibility index (Phi) is 4.92.